The predicted octanol–water partition coefficient (Wildman–Crippen LogP) is 3.09. The molecule has 4 heteroatoms. The second kappa shape index (κ2) is 7.69. The monoisotopic (exact) mass is 243 g/mol. The minimum Gasteiger partial charge on any atom is -0.464 e. The summed E-state index contributed by atoms with van der Waals surface area (Å²) >= 11 is 0. The molecular formula is C14H13NO3. The maximum atomic E-state index is 10.5. The Morgan fingerprint density at radius 2 is 1.78 bits per heavy atom. The van der Waals surface area contributed by atoms with Crippen molar-refractivity contribution >= 4 is 5.97 Å². The van der Waals surface area contributed by atoms with Crippen molar-refractivity contribution in [1.82, 2.24) is 0 Å². The van der Waals surface area contributed by atoms with Crippen LogP contribution in [-0.4, -0.2) is 5.97 Å². The molecule has 0 aliphatic heterocycles. The van der Waals surface area contributed by atoms with E-state index in [-0.39, 0.29) is 0 Å². The van der Waals surface area contributed by atoms with E-state index >= 15 is 0 Å². The molecule has 1 aromatic heterocycles. The zero-order chi connectivity index (χ0) is 13.2. The molecule has 0 spiro atoms. The maximum absolute atomic E-state index is 10.5. The maximum Gasteiger partial charge on any atom is 0.304 e. The van der Waals surface area contributed by atoms with Gasteiger partial charge < -0.3 is 9.15 Å². The average Bonchev–Trinajstić information content (AvgIpc) is 2.92. The molecule has 4 nitrogen and oxygen atoms in total. The van der Waals surface area contributed by atoms with Gasteiger partial charge in [0, 0.05) is 6.92 Å². The standard InChI is InChI=1S/C8H7NO3.C6H6/c1-6(10)12-8(5-9)7-3-2-4-11-7;1-2-4-6-5-3-1/h2-4,8H,1H3;1-6H. The highest BCUT2D eigenvalue weighted by molar-refractivity contribution is 5.66. The summed E-state index contributed by atoms with van der Waals surface area (Å²) in [5.41, 5.74) is 0. The fourth-order valence-electron chi connectivity index (χ4n) is 1.14. The Morgan fingerprint density at radius 3 is 2.11 bits per heavy atom. The molecule has 92 valence electrons. The predicted molar refractivity (Wildman–Crippen MR) is 65.3 cm³/mol. The van der Waals surface area contributed by atoms with Crippen LogP contribution in [0.4, 0.5) is 0 Å². The van der Waals surface area contributed by atoms with E-state index in [1.54, 1.807) is 18.2 Å². The molecule has 0 amide bonds. The van der Waals surface area contributed by atoms with Gasteiger partial charge in [0.05, 0.1) is 6.26 Å². The fraction of sp³-hybridized carbons (Fsp3) is 0.143. The number of esters is 1. The minimum atomic E-state index is -0.933. The van der Waals surface area contributed by atoms with E-state index in [2.05, 4.69) is 4.74 Å². The molecule has 0 bridgehead atoms. The summed E-state index contributed by atoms with van der Waals surface area (Å²) in [6, 6.07) is 17.0. The third kappa shape index (κ3) is 4.99. The SMILES string of the molecule is CC(=O)OC(C#N)c1ccco1.c1ccccc1. The van der Waals surface area contributed by atoms with Crippen LogP contribution in [-0.2, 0) is 9.53 Å². The van der Waals surface area contributed by atoms with Crippen LogP contribution in [0.2, 0.25) is 0 Å². The summed E-state index contributed by atoms with van der Waals surface area (Å²) in [5.74, 6) is -0.161. The number of benzene rings is 1. The average molecular weight is 243 g/mol. The Hall–Kier alpha value is -2.54. The fourth-order valence-corrected chi connectivity index (χ4v) is 1.14. The van der Waals surface area contributed by atoms with Crippen LogP contribution >= 0.6 is 0 Å². The second-order valence-corrected chi connectivity index (χ2v) is 3.29. The molecular weight excluding hydrogens is 230 g/mol. The molecule has 0 saturated heterocycles. The highest BCUT2D eigenvalue weighted by Gasteiger charge is 2.15. The van der Waals surface area contributed by atoms with Crippen molar-refractivity contribution in [3.63, 3.8) is 0 Å². The summed E-state index contributed by atoms with van der Waals surface area (Å²) in [4.78, 5) is 10.5. The van der Waals surface area contributed by atoms with Crippen LogP contribution in [0.5, 0.6) is 0 Å². The number of ether oxygens (including phenoxy) is 1. The Bertz CT molecular complexity index is 459. The molecule has 1 atom stereocenters. The van der Waals surface area contributed by atoms with Gasteiger partial charge in [0.2, 0.25) is 6.10 Å². The summed E-state index contributed by atoms with van der Waals surface area (Å²) in [5, 5.41) is 8.56. The van der Waals surface area contributed by atoms with Gasteiger partial charge in [0.15, 0.2) is 5.76 Å². The van der Waals surface area contributed by atoms with Gasteiger partial charge in [0.1, 0.15) is 6.07 Å². The van der Waals surface area contributed by atoms with Gasteiger partial charge in [-0.3, -0.25) is 4.79 Å². The molecule has 0 aliphatic rings. The minimum absolute atomic E-state index is 0.340. The van der Waals surface area contributed by atoms with E-state index in [0.717, 1.165) is 0 Å². The van der Waals surface area contributed by atoms with E-state index < -0.39 is 12.1 Å². The third-order valence-electron chi connectivity index (χ3n) is 1.87. The van der Waals surface area contributed by atoms with Crippen LogP contribution in [0, 0.1) is 11.3 Å². The van der Waals surface area contributed by atoms with Gasteiger partial charge in [-0.1, -0.05) is 36.4 Å². The number of nitriles is 1. The third-order valence-corrected chi connectivity index (χ3v) is 1.87. The number of furan rings is 1. The molecule has 1 aromatic carbocycles. The smallest absolute Gasteiger partial charge is 0.304 e. The summed E-state index contributed by atoms with van der Waals surface area (Å²) < 4.78 is 9.54. The van der Waals surface area contributed by atoms with E-state index in [0.29, 0.717) is 5.76 Å². The normalized spacial score (nSPS) is 10.4. The van der Waals surface area contributed by atoms with Gasteiger partial charge in [-0.25, -0.2) is 0 Å². The van der Waals surface area contributed by atoms with E-state index in [4.69, 9.17) is 9.68 Å². The van der Waals surface area contributed by atoms with Crippen molar-refractivity contribution in [3.8, 4) is 6.07 Å². The first-order chi connectivity index (χ1) is 8.74. The topological polar surface area (TPSA) is 63.2 Å². The highest BCUT2D eigenvalue weighted by Crippen LogP contribution is 2.16. The Balaban J connectivity index is 0.000000225. The lowest BCUT2D eigenvalue weighted by molar-refractivity contribution is -0.144. The van der Waals surface area contributed by atoms with Gasteiger partial charge in [-0.15, -0.1) is 0 Å². The van der Waals surface area contributed by atoms with Crippen molar-refractivity contribution in [2.24, 2.45) is 0 Å². The van der Waals surface area contributed by atoms with Crippen LogP contribution in [0.15, 0.2) is 59.2 Å². The van der Waals surface area contributed by atoms with Gasteiger partial charge in [-0.2, -0.15) is 5.26 Å². The molecule has 2 aromatic rings. The zero-order valence-corrected chi connectivity index (χ0v) is 9.95. The largest absolute Gasteiger partial charge is 0.464 e. The van der Waals surface area contributed by atoms with Crippen molar-refractivity contribution < 1.29 is 13.9 Å². The Labute approximate surface area is 105 Å². The van der Waals surface area contributed by atoms with Gasteiger partial charge in [-0.05, 0) is 12.1 Å². The molecule has 1 heterocycles. The molecule has 0 aliphatic carbocycles. The first kappa shape index (κ1) is 13.5. The molecule has 18 heavy (non-hydrogen) atoms. The van der Waals surface area contributed by atoms with Crippen LogP contribution in [0.3, 0.4) is 0 Å². The molecule has 0 saturated carbocycles. The molecule has 0 radical (unpaired) electrons. The van der Waals surface area contributed by atoms with E-state index in [1.165, 1.54) is 13.2 Å². The highest BCUT2D eigenvalue weighted by atomic mass is 16.5. The summed E-state index contributed by atoms with van der Waals surface area (Å²) in [6.07, 6.45) is 0.487. The van der Waals surface area contributed by atoms with Crippen molar-refractivity contribution in [2.75, 3.05) is 0 Å². The first-order valence-corrected chi connectivity index (χ1v) is 5.34. The van der Waals surface area contributed by atoms with Crippen LogP contribution in [0.25, 0.3) is 0 Å². The summed E-state index contributed by atoms with van der Waals surface area (Å²) in [7, 11) is 0. The second-order valence-electron chi connectivity index (χ2n) is 3.29. The van der Waals surface area contributed by atoms with Crippen molar-refractivity contribution in [3.05, 3.63) is 60.6 Å². The number of hydrogen-bond acceptors (Lipinski definition) is 4. The molecule has 0 fully saturated rings. The van der Waals surface area contributed by atoms with Crippen molar-refractivity contribution in [1.29, 1.82) is 5.26 Å². The zero-order valence-electron chi connectivity index (χ0n) is 9.95. The molecule has 0 N–H and O–H groups in total. The Kier molecular flexibility index (Phi) is 5.78. The number of rotatable bonds is 2. The molecule has 1 unspecified atom stereocenters. The number of carbonyl (C=O) groups excluding carboxylic acids is 1. The first-order valence-electron chi connectivity index (χ1n) is 5.34. The summed E-state index contributed by atoms with van der Waals surface area (Å²) in [6.45, 7) is 1.24. The van der Waals surface area contributed by atoms with Gasteiger partial charge >= 0.3 is 5.97 Å². The Morgan fingerprint density at radius 1 is 1.22 bits per heavy atom. The molecule has 2 rings (SSSR count). The lowest BCUT2D eigenvalue weighted by Crippen LogP contribution is -2.05. The van der Waals surface area contributed by atoms with Crippen molar-refractivity contribution in [2.45, 2.75) is 13.0 Å². The number of nitrogens with zero attached hydrogens (tertiary/aromatic N) is 1. The van der Waals surface area contributed by atoms with E-state index in [9.17, 15) is 4.79 Å². The van der Waals surface area contributed by atoms with Gasteiger partial charge in [0.25, 0.3) is 0 Å². The quantitative estimate of drug-likeness (QED) is 0.760. The van der Waals surface area contributed by atoms with Crippen LogP contribution < -0.4 is 0 Å². The van der Waals surface area contributed by atoms with Crippen LogP contribution in [0.1, 0.15) is 18.8 Å². The number of carbonyl (C=O) groups is 1. The van der Waals surface area contributed by atoms with E-state index in [1.807, 2.05) is 36.4 Å². The number of hydrogen-bond donors (Lipinski definition) is 0. The lowest BCUT2D eigenvalue weighted by atomic mass is 10.3. The lowest BCUT2D eigenvalue weighted by Gasteiger charge is -2.04.